The summed E-state index contributed by atoms with van der Waals surface area (Å²) in [7, 11) is 0. The van der Waals surface area contributed by atoms with E-state index in [4.69, 9.17) is 11.6 Å². The molecule has 1 saturated heterocycles. The lowest BCUT2D eigenvalue weighted by Crippen LogP contribution is -2.47. The number of anilines is 2. The van der Waals surface area contributed by atoms with Crippen LogP contribution in [0.4, 0.5) is 24.8 Å². The number of halogens is 4. The Morgan fingerprint density at radius 2 is 1.67 bits per heavy atom. The first-order chi connectivity index (χ1) is 12.9. The van der Waals surface area contributed by atoms with Crippen molar-refractivity contribution in [2.45, 2.75) is 12.6 Å². The Morgan fingerprint density at radius 3 is 2.33 bits per heavy atom. The number of aromatic nitrogens is 5. The Kier molecular flexibility index (Phi) is 4.50. The molecule has 1 fully saturated rings. The first-order valence-corrected chi connectivity index (χ1v) is 8.66. The van der Waals surface area contributed by atoms with Gasteiger partial charge < -0.3 is 9.80 Å². The highest BCUT2D eigenvalue weighted by atomic mass is 35.5. The SMILES string of the molecule is FC(F)(F)Cc1nnc2c(Cl)c(N3CCN(c4ncccn4)CC3)ccn12. The van der Waals surface area contributed by atoms with E-state index in [0.29, 0.717) is 37.1 Å². The predicted molar refractivity (Wildman–Crippen MR) is 94.2 cm³/mol. The summed E-state index contributed by atoms with van der Waals surface area (Å²) in [5.41, 5.74) is 0.950. The number of hydrogen-bond donors (Lipinski definition) is 0. The molecule has 4 rings (SSSR count). The number of pyridine rings is 1. The van der Waals surface area contributed by atoms with Crippen molar-refractivity contribution < 1.29 is 13.2 Å². The van der Waals surface area contributed by atoms with Crippen LogP contribution in [0.25, 0.3) is 5.65 Å². The highest BCUT2D eigenvalue weighted by molar-refractivity contribution is 6.36. The van der Waals surface area contributed by atoms with Crippen molar-refractivity contribution in [3.63, 3.8) is 0 Å². The van der Waals surface area contributed by atoms with Gasteiger partial charge in [-0.2, -0.15) is 13.2 Å². The van der Waals surface area contributed by atoms with Crippen molar-refractivity contribution in [3.05, 3.63) is 41.6 Å². The van der Waals surface area contributed by atoms with Crippen LogP contribution in [0.5, 0.6) is 0 Å². The topological polar surface area (TPSA) is 62.5 Å². The number of fused-ring (bicyclic) bond motifs is 1. The van der Waals surface area contributed by atoms with Gasteiger partial charge in [0.15, 0.2) is 5.65 Å². The fourth-order valence-corrected chi connectivity index (χ4v) is 3.42. The van der Waals surface area contributed by atoms with Gasteiger partial charge in [-0.25, -0.2) is 9.97 Å². The standard InChI is InChI=1S/C16H15ClF3N7/c17-13-11(2-5-27-12(10-16(18,19)20)23-24-14(13)27)25-6-8-26(9-7-25)15-21-3-1-4-22-15/h1-5H,6-10H2. The van der Waals surface area contributed by atoms with Crippen LogP contribution in [0.2, 0.25) is 5.02 Å². The van der Waals surface area contributed by atoms with Crippen LogP contribution < -0.4 is 9.80 Å². The predicted octanol–water partition coefficient (Wildman–Crippen LogP) is 2.60. The molecule has 0 saturated carbocycles. The molecule has 0 aliphatic carbocycles. The van der Waals surface area contributed by atoms with E-state index in [9.17, 15) is 13.2 Å². The van der Waals surface area contributed by atoms with Crippen molar-refractivity contribution >= 4 is 28.9 Å². The van der Waals surface area contributed by atoms with Gasteiger partial charge in [0.2, 0.25) is 5.95 Å². The summed E-state index contributed by atoms with van der Waals surface area (Å²) >= 11 is 6.43. The van der Waals surface area contributed by atoms with Gasteiger partial charge in [0.1, 0.15) is 17.3 Å². The molecule has 27 heavy (non-hydrogen) atoms. The van der Waals surface area contributed by atoms with Gasteiger partial charge in [0.05, 0.1) is 5.69 Å². The minimum Gasteiger partial charge on any atom is -0.367 e. The Balaban J connectivity index is 1.54. The maximum Gasteiger partial charge on any atom is 0.396 e. The second-order valence-electron chi connectivity index (χ2n) is 6.14. The zero-order valence-electron chi connectivity index (χ0n) is 14.1. The van der Waals surface area contributed by atoms with Crippen molar-refractivity contribution in [1.29, 1.82) is 0 Å². The third-order valence-electron chi connectivity index (χ3n) is 4.38. The summed E-state index contributed by atoms with van der Waals surface area (Å²) in [4.78, 5) is 12.6. The molecule has 0 radical (unpaired) electrons. The fraction of sp³-hybridized carbons (Fsp3) is 0.375. The second-order valence-corrected chi connectivity index (χ2v) is 6.52. The van der Waals surface area contributed by atoms with Gasteiger partial charge >= 0.3 is 6.18 Å². The van der Waals surface area contributed by atoms with Crippen LogP contribution in [-0.4, -0.2) is 56.9 Å². The van der Waals surface area contributed by atoms with E-state index in [-0.39, 0.29) is 11.5 Å². The van der Waals surface area contributed by atoms with Gasteiger partial charge in [0, 0.05) is 44.8 Å². The fourth-order valence-electron chi connectivity index (χ4n) is 3.11. The summed E-state index contributed by atoms with van der Waals surface area (Å²) in [5.74, 6) is 0.491. The molecule has 142 valence electrons. The largest absolute Gasteiger partial charge is 0.396 e. The smallest absolute Gasteiger partial charge is 0.367 e. The molecular weight excluding hydrogens is 383 g/mol. The van der Waals surface area contributed by atoms with Crippen molar-refractivity contribution in [2.75, 3.05) is 36.0 Å². The molecule has 4 heterocycles. The monoisotopic (exact) mass is 397 g/mol. The first kappa shape index (κ1) is 17.8. The normalized spacial score (nSPS) is 15.6. The summed E-state index contributed by atoms with van der Waals surface area (Å²) < 4.78 is 39.3. The Bertz CT molecular complexity index is 936. The molecule has 0 aromatic carbocycles. The summed E-state index contributed by atoms with van der Waals surface area (Å²) in [6.07, 6.45) is -0.583. The Hall–Kier alpha value is -2.62. The summed E-state index contributed by atoms with van der Waals surface area (Å²) in [5, 5.41) is 7.78. The van der Waals surface area contributed by atoms with Crippen LogP contribution in [0.1, 0.15) is 5.82 Å². The van der Waals surface area contributed by atoms with E-state index >= 15 is 0 Å². The van der Waals surface area contributed by atoms with E-state index in [1.54, 1.807) is 24.5 Å². The lowest BCUT2D eigenvalue weighted by Gasteiger charge is -2.36. The van der Waals surface area contributed by atoms with Crippen LogP contribution >= 0.6 is 11.6 Å². The number of alkyl halides is 3. The summed E-state index contributed by atoms with van der Waals surface area (Å²) in [6, 6.07) is 3.47. The molecule has 1 aliphatic rings. The molecule has 0 amide bonds. The molecule has 7 nitrogen and oxygen atoms in total. The zero-order valence-corrected chi connectivity index (χ0v) is 14.8. The molecular formula is C16H15ClF3N7. The Morgan fingerprint density at radius 1 is 1.00 bits per heavy atom. The number of nitrogens with zero attached hydrogens (tertiary/aromatic N) is 7. The highest BCUT2D eigenvalue weighted by Gasteiger charge is 2.31. The van der Waals surface area contributed by atoms with Crippen LogP contribution in [0.3, 0.4) is 0 Å². The molecule has 3 aromatic heterocycles. The molecule has 3 aromatic rings. The maximum atomic E-state index is 12.7. The van der Waals surface area contributed by atoms with E-state index < -0.39 is 12.6 Å². The minimum absolute atomic E-state index is 0.183. The van der Waals surface area contributed by atoms with Gasteiger partial charge in [-0.05, 0) is 12.1 Å². The van der Waals surface area contributed by atoms with Gasteiger partial charge in [0.25, 0.3) is 0 Å². The molecule has 0 spiro atoms. The Labute approximate surface area is 157 Å². The van der Waals surface area contributed by atoms with Crippen molar-refractivity contribution in [2.24, 2.45) is 0 Å². The van der Waals surface area contributed by atoms with Crippen molar-refractivity contribution in [3.8, 4) is 0 Å². The number of piperazine rings is 1. The second kappa shape index (κ2) is 6.84. The maximum absolute atomic E-state index is 12.7. The zero-order chi connectivity index (χ0) is 19.0. The summed E-state index contributed by atoms with van der Waals surface area (Å²) in [6.45, 7) is 2.77. The minimum atomic E-state index is -4.36. The molecule has 0 bridgehead atoms. The first-order valence-electron chi connectivity index (χ1n) is 8.28. The molecule has 0 unspecified atom stereocenters. The number of rotatable bonds is 3. The van der Waals surface area contributed by atoms with E-state index in [1.807, 2.05) is 0 Å². The molecule has 1 aliphatic heterocycles. The van der Waals surface area contributed by atoms with Crippen LogP contribution in [0.15, 0.2) is 30.7 Å². The van der Waals surface area contributed by atoms with E-state index in [1.165, 1.54) is 10.6 Å². The van der Waals surface area contributed by atoms with Crippen LogP contribution in [0, 0.1) is 0 Å². The lowest BCUT2D eigenvalue weighted by molar-refractivity contribution is -0.128. The third kappa shape index (κ3) is 3.61. The quantitative estimate of drug-likeness (QED) is 0.677. The van der Waals surface area contributed by atoms with Crippen molar-refractivity contribution in [1.82, 2.24) is 24.6 Å². The molecule has 0 N–H and O–H groups in total. The average molecular weight is 398 g/mol. The molecule has 11 heteroatoms. The average Bonchev–Trinajstić information content (AvgIpc) is 3.05. The van der Waals surface area contributed by atoms with E-state index in [0.717, 1.165) is 5.69 Å². The highest BCUT2D eigenvalue weighted by Crippen LogP contribution is 2.31. The van der Waals surface area contributed by atoms with E-state index in [2.05, 4.69) is 30.0 Å². The van der Waals surface area contributed by atoms with Crippen LogP contribution in [-0.2, 0) is 6.42 Å². The molecule has 0 atom stereocenters. The van der Waals surface area contributed by atoms with Gasteiger partial charge in [-0.1, -0.05) is 11.6 Å². The number of hydrogen-bond acceptors (Lipinski definition) is 6. The van der Waals surface area contributed by atoms with Gasteiger partial charge in [-0.3, -0.25) is 4.40 Å². The third-order valence-corrected chi connectivity index (χ3v) is 4.75. The lowest BCUT2D eigenvalue weighted by atomic mass is 10.2. The van der Waals surface area contributed by atoms with Gasteiger partial charge in [-0.15, -0.1) is 10.2 Å².